The van der Waals surface area contributed by atoms with Gasteiger partial charge in [0.05, 0.1) is 0 Å². The topological polar surface area (TPSA) is 69.6 Å². The van der Waals surface area contributed by atoms with Crippen LogP contribution in [0.2, 0.25) is 0 Å². The first-order valence-corrected chi connectivity index (χ1v) is 6.32. The first-order chi connectivity index (χ1) is 8.09. The molecule has 96 valence electrons. The van der Waals surface area contributed by atoms with Gasteiger partial charge < -0.3 is 15.3 Å². The lowest BCUT2D eigenvalue weighted by molar-refractivity contribution is -0.155. The van der Waals surface area contributed by atoms with Gasteiger partial charge in [-0.05, 0) is 37.8 Å². The van der Waals surface area contributed by atoms with Crippen LogP contribution in [0.25, 0.3) is 0 Å². The predicted molar refractivity (Wildman–Crippen MR) is 62.5 cm³/mol. The lowest BCUT2D eigenvalue weighted by atomic mass is 9.89. The highest BCUT2D eigenvalue weighted by Crippen LogP contribution is 2.25. The molecule has 5 nitrogen and oxygen atoms in total. The Morgan fingerprint density at radius 1 is 1.41 bits per heavy atom. The van der Waals surface area contributed by atoms with Crippen LogP contribution in [0.5, 0.6) is 0 Å². The molecular formula is C12H20N2O3. The van der Waals surface area contributed by atoms with Gasteiger partial charge in [0.15, 0.2) is 0 Å². The molecule has 0 bridgehead atoms. The number of carboxylic acid groups (broad SMARTS) is 1. The molecule has 2 atom stereocenters. The summed E-state index contributed by atoms with van der Waals surface area (Å²) in [4.78, 5) is 24.9. The summed E-state index contributed by atoms with van der Waals surface area (Å²) >= 11 is 0. The Balaban J connectivity index is 1.99. The third kappa shape index (κ3) is 2.60. The van der Waals surface area contributed by atoms with Gasteiger partial charge in [0.1, 0.15) is 6.04 Å². The fourth-order valence-corrected chi connectivity index (χ4v) is 2.70. The fourth-order valence-electron chi connectivity index (χ4n) is 2.70. The third-order valence-corrected chi connectivity index (χ3v) is 3.84. The van der Waals surface area contributed by atoms with Crippen LogP contribution in [0.4, 0.5) is 0 Å². The Hall–Kier alpha value is -1.10. The molecule has 2 aliphatic heterocycles. The number of aliphatic carboxylic acids is 1. The number of carbonyl (C=O) groups is 2. The van der Waals surface area contributed by atoms with Crippen LogP contribution in [0.1, 0.15) is 26.2 Å². The average Bonchev–Trinajstić information content (AvgIpc) is 2.22. The van der Waals surface area contributed by atoms with E-state index in [-0.39, 0.29) is 11.8 Å². The highest BCUT2D eigenvalue weighted by molar-refractivity contribution is 5.84. The van der Waals surface area contributed by atoms with Crippen LogP contribution in [-0.2, 0) is 9.59 Å². The van der Waals surface area contributed by atoms with Crippen molar-refractivity contribution >= 4 is 11.9 Å². The fraction of sp³-hybridized carbons (Fsp3) is 0.833. The van der Waals surface area contributed by atoms with E-state index in [0.717, 1.165) is 25.9 Å². The predicted octanol–water partition coefficient (Wildman–Crippen LogP) is 0.308. The number of hydrogen-bond acceptors (Lipinski definition) is 3. The summed E-state index contributed by atoms with van der Waals surface area (Å²) in [6.07, 6.45) is 2.30. The summed E-state index contributed by atoms with van der Waals surface area (Å²) in [6, 6.07) is -0.621. The Morgan fingerprint density at radius 2 is 2.12 bits per heavy atom. The van der Waals surface area contributed by atoms with Gasteiger partial charge >= 0.3 is 5.97 Å². The SMILES string of the molecule is CC1CCCN(C(=O)CC2CNC2)C1C(=O)O. The van der Waals surface area contributed by atoms with Crippen molar-refractivity contribution in [2.75, 3.05) is 19.6 Å². The second-order valence-electron chi connectivity index (χ2n) is 5.22. The number of carboxylic acids is 1. The highest BCUT2D eigenvalue weighted by Gasteiger charge is 2.37. The third-order valence-electron chi connectivity index (χ3n) is 3.84. The Labute approximate surface area is 101 Å². The summed E-state index contributed by atoms with van der Waals surface area (Å²) in [5, 5.41) is 12.4. The number of nitrogens with one attached hydrogen (secondary N) is 1. The molecule has 0 aromatic heterocycles. The van der Waals surface area contributed by atoms with E-state index >= 15 is 0 Å². The molecule has 2 rings (SSSR count). The maximum Gasteiger partial charge on any atom is 0.326 e. The smallest absolute Gasteiger partial charge is 0.326 e. The minimum Gasteiger partial charge on any atom is -0.480 e. The van der Waals surface area contributed by atoms with Crippen molar-refractivity contribution in [3.63, 3.8) is 0 Å². The van der Waals surface area contributed by atoms with Gasteiger partial charge in [0, 0.05) is 13.0 Å². The van der Waals surface area contributed by atoms with Gasteiger partial charge in [0.25, 0.3) is 0 Å². The largest absolute Gasteiger partial charge is 0.480 e. The van der Waals surface area contributed by atoms with Gasteiger partial charge in [-0.25, -0.2) is 4.79 Å². The van der Waals surface area contributed by atoms with Crippen LogP contribution < -0.4 is 5.32 Å². The second-order valence-corrected chi connectivity index (χ2v) is 5.22. The lowest BCUT2D eigenvalue weighted by Gasteiger charge is -2.38. The minimum atomic E-state index is -0.864. The monoisotopic (exact) mass is 240 g/mol. The van der Waals surface area contributed by atoms with E-state index in [2.05, 4.69) is 5.32 Å². The number of rotatable bonds is 3. The van der Waals surface area contributed by atoms with E-state index in [1.165, 1.54) is 0 Å². The number of amides is 1. The quantitative estimate of drug-likeness (QED) is 0.745. The lowest BCUT2D eigenvalue weighted by Crippen LogP contribution is -2.53. The summed E-state index contributed by atoms with van der Waals surface area (Å²) in [7, 11) is 0. The molecule has 2 N–H and O–H groups in total. The molecule has 0 aromatic rings. The summed E-state index contributed by atoms with van der Waals surface area (Å²) in [6.45, 7) is 4.28. The van der Waals surface area contributed by atoms with E-state index in [9.17, 15) is 14.7 Å². The molecule has 5 heteroatoms. The van der Waals surface area contributed by atoms with Crippen LogP contribution >= 0.6 is 0 Å². The molecule has 2 heterocycles. The number of hydrogen-bond donors (Lipinski definition) is 2. The van der Waals surface area contributed by atoms with Crippen molar-refractivity contribution in [1.29, 1.82) is 0 Å². The van der Waals surface area contributed by atoms with E-state index in [0.29, 0.717) is 18.9 Å². The molecule has 2 aliphatic rings. The van der Waals surface area contributed by atoms with Crippen molar-refractivity contribution in [3.8, 4) is 0 Å². The van der Waals surface area contributed by atoms with Gasteiger partial charge in [0.2, 0.25) is 5.91 Å². The summed E-state index contributed by atoms with van der Waals surface area (Å²) < 4.78 is 0. The molecule has 1 amide bonds. The van der Waals surface area contributed by atoms with Crippen molar-refractivity contribution in [2.45, 2.75) is 32.2 Å². The molecule has 0 radical (unpaired) electrons. The first kappa shape index (κ1) is 12.4. The molecule has 2 fully saturated rings. The standard InChI is InChI=1S/C12H20N2O3/c1-8-3-2-4-14(11(8)12(16)17)10(15)5-9-6-13-7-9/h8-9,11,13H,2-7H2,1H3,(H,16,17). The Morgan fingerprint density at radius 3 is 2.65 bits per heavy atom. The van der Waals surface area contributed by atoms with E-state index in [1.54, 1.807) is 4.90 Å². The molecule has 17 heavy (non-hydrogen) atoms. The number of piperidine rings is 1. The average molecular weight is 240 g/mol. The number of likely N-dealkylation sites (tertiary alicyclic amines) is 1. The zero-order valence-electron chi connectivity index (χ0n) is 10.2. The van der Waals surface area contributed by atoms with E-state index in [1.807, 2.05) is 6.92 Å². The zero-order chi connectivity index (χ0) is 12.4. The first-order valence-electron chi connectivity index (χ1n) is 6.32. The highest BCUT2D eigenvalue weighted by atomic mass is 16.4. The van der Waals surface area contributed by atoms with Gasteiger partial charge in [-0.3, -0.25) is 4.79 Å². The van der Waals surface area contributed by atoms with Crippen molar-refractivity contribution < 1.29 is 14.7 Å². The Bertz CT molecular complexity index is 315. The minimum absolute atomic E-state index is 0.00968. The molecular weight excluding hydrogens is 220 g/mol. The molecule has 2 saturated heterocycles. The zero-order valence-corrected chi connectivity index (χ0v) is 10.2. The van der Waals surface area contributed by atoms with Crippen LogP contribution in [0, 0.1) is 11.8 Å². The molecule has 0 aromatic carbocycles. The number of nitrogens with zero attached hydrogens (tertiary/aromatic N) is 1. The van der Waals surface area contributed by atoms with E-state index in [4.69, 9.17) is 0 Å². The molecule has 2 unspecified atom stereocenters. The molecule has 0 saturated carbocycles. The summed E-state index contributed by atoms with van der Waals surface area (Å²) in [5.74, 6) is -0.397. The normalized spacial score (nSPS) is 29.8. The second kappa shape index (κ2) is 5.04. The van der Waals surface area contributed by atoms with E-state index < -0.39 is 12.0 Å². The molecule has 0 spiro atoms. The molecule has 0 aliphatic carbocycles. The van der Waals surface area contributed by atoms with Crippen LogP contribution in [-0.4, -0.2) is 47.6 Å². The summed E-state index contributed by atoms with van der Waals surface area (Å²) in [5.41, 5.74) is 0. The van der Waals surface area contributed by atoms with Gasteiger partial charge in [-0.15, -0.1) is 0 Å². The number of carbonyl (C=O) groups excluding carboxylic acids is 1. The maximum atomic E-state index is 12.1. The maximum absolute atomic E-state index is 12.1. The van der Waals surface area contributed by atoms with Crippen LogP contribution in [0.15, 0.2) is 0 Å². The van der Waals surface area contributed by atoms with Crippen molar-refractivity contribution in [2.24, 2.45) is 11.8 Å². The van der Waals surface area contributed by atoms with Gasteiger partial charge in [-0.1, -0.05) is 6.92 Å². The van der Waals surface area contributed by atoms with Crippen LogP contribution in [0.3, 0.4) is 0 Å². The van der Waals surface area contributed by atoms with Gasteiger partial charge in [-0.2, -0.15) is 0 Å². The van der Waals surface area contributed by atoms with Crippen molar-refractivity contribution in [1.82, 2.24) is 10.2 Å². The Kier molecular flexibility index (Phi) is 3.66. The van der Waals surface area contributed by atoms with Crippen molar-refractivity contribution in [3.05, 3.63) is 0 Å².